The number of fused-ring (bicyclic) bond motifs is 2. The summed E-state index contributed by atoms with van der Waals surface area (Å²) < 4.78 is 4.55. The van der Waals surface area contributed by atoms with Gasteiger partial charge in [-0.15, -0.1) is 0 Å². The first-order valence-electron chi connectivity index (χ1n) is 9.66. The molecule has 1 atom stereocenters. The number of ether oxygens (including phenoxy) is 1. The van der Waals surface area contributed by atoms with Crippen LogP contribution >= 0.6 is 11.6 Å². The number of carbonyl (C=O) groups is 1. The van der Waals surface area contributed by atoms with Gasteiger partial charge in [-0.2, -0.15) is 0 Å². The molecule has 156 valence electrons. The number of nitrogens with one attached hydrogen (secondary N) is 1. The molecule has 0 spiro atoms. The molecular weight excluding hydrogens is 400 g/mol. The van der Waals surface area contributed by atoms with Crippen molar-refractivity contribution in [1.82, 2.24) is 9.97 Å². The number of rotatable bonds is 3. The van der Waals surface area contributed by atoms with Crippen LogP contribution in [0.15, 0.2) is 54.6 Å². The van der Waals surface area contributed by atoms with E-state index in [-0.39, 0.29) is 5.60 Å². The molecule has 2 heterocycles. The Bertz CT molecular complexity index is 1180. The van der Waals surface area contributed by atoms with Crippen molar-refractivity contribution in [2.45, 2.75) is 39.4 Å². The Kier molecular flexibility index (Phi) is 6.44. The Labute approximate surface area is 180 Å². The molecule has 1 unspecified atom stereocenters. The first-order chi connectivity index (χ1) is 14.2. The molecule has 4 rings (SSSR count). The Morgan fingerprint density at radius 2 is 1.83 bits per heavy atom. The van der Waals surface area contributed by atoms with Gasteiger partial charge in [-0.05, 0) is 63.6 Å². The quantitative estimate of drug-likeness (QED) is 0.310. The maximum Gasteiger partial charge on any atom is 0.293 e. The molecule has 0 fully saturated rings. The average molecular weight is 425 g/mol. The highest BCUT2D eigenvalue weighted by Gasteiger charge is 2.11. The molecule has 0 aliphatic rings. The van der Waals surface area contributed by atoms with E-state index < -0.39 is 6.10 Å². The number of aliphatic hydroxyl groups excluding tert-OH is 1. The summed E-state index contributed by atoms with van der Waals surface area (Å²) in [6.07, 6.45) is -0.483. The summed E-state index contributed by atoms with van der Waals surface area (Å²) in [4.78, 5) is 17.4. The van der Waals surface area contributed by atoms with Crippen LogP contribution < -0.4 is 0 Å². The van der Waals surface area contributed by atoms with Crippen molar-refractivity contribution in [3.8, 4) is 11.3 Å². The summed E-state index contributed by atoms with van der Waals surface area (Å²) in [7, 11) is 0. The molecule has 0 saturated heterocycles. The zero-order chi connectivity index (χ0) is 21.9. The molecule has 5 nitrogen and oxygen atoms in total. The van der Waals surface area contributed by atoms with Crippen molar-refractivity contribution < 1.29 is 14.6 Å². The zero-order valence-corrected chi connectivity index (χ0v) is 18.2. The van der Waals surface area contributed by atoms with E-state index >= 15 is 0 Å². The minimum atomic E-state index is -0.483. The van der Waals surface area contributed by atoms with Gasteiger partial charge in [0.05, 0.1) is 11.6 Å². The SMILES string of the molecule is CC(C)(C)OC=O.CC(O)c1ccc2[nH]c(-c3cc4ccccc4nc3Cl)cc2c1. The van der Waals surface area contributed by atoms with Gasteiger partial charge in [0, 0.05) is 27.5 Å². The van der Waals surface area contributed by atoms with Crippen LogP contribution in [0, 0.1) is 0 Å². The van der Waals surface area contributed by atoms with Gasteiger partial charge in [0.15, 0.2) is 0 Å². The third-order valence-corrected chi connectivity index (χ3v) is 4.78. The van der Waals surface area contributed by atoms with Crippen LogP contribution in [-0.2, 0) is 9.53 Å². The van der Waals surface area contributed by atoms with Crippen molar-refractivity contribution in [3.63, 3.8) is 0 Å². The van der Waals surface area contributed by atoms with E-state index in [1.807, 2.05) is 75.4 Å². The number of halogens is 1. The molecule has 0 aliphatic carbocycles. The number of hydrogen-bond acceptors (Lipinski definition) is 4. The number of para-hydroxylation sites is 1. The number of pyridine rings is 1. The lowest BCUT2D eigenvalue weighted by Crippen LogP contribution is -2.17. The van der Waals surface area contributed by atoms with Crippen LogP contribution in [0.1, 0.15) is 39.4 Å². The third-order valence-electron chi connectivity index (χ3n) is 4.50. The van der Waals surface area contributed by atoms with E-state index in [1.165, 1.54) is 0 Å². The van der Waals surface area contributed by atoms with E-state index in [2.05, 4.69) is 14.7 Å². The molecule has 0 amide bonds. The van der Waals surface area contributed by atoms with Crippen molar-refractivity contribution in [2.24, 2.45) is 0 Å². The van der Waals surface area contributed by atoms with Crippen LogP contribution in [0.2, 0.25) is 5.15 Å². The number of hydrogen-bond donors (Lipinski definition) is 2. The lowest BCUT2D eigenvalue weighted by atomic mass is 10.1. The summed E-state index contributed by atoms with van der Waals surface area (Å²) in [6.45, 7) is 7.68. The summed E-state index contributed by atoms with van der Waals surface area (Å²) in [5.41, 5.74) is 4.26. The number of aliphatic hydroxyl groups is 1. The third kappa shape index (κ3) is 5.17. The monoisotopic (exact) mass is 424 g/mol. The fourth-order valence-electron chi connectivity index (χ4n) is 2.98. The van der Waals surface area contributed by atoms with Gasteiger partial charge < -0.3 is 14.8 Å². The first-order valence-corrected chi connectivity index (χ1v) is 10.0. The Morgan fingerprint density at radius 1 is 1.10 bits per heavy atom. The van der Waals surface area contributed by atoms with Crippen LogP contribution in [0.25, 0.3) is 33.1 Å². The largest absolute Gasteiger partial charge is 0.462 e. The number of benzene rings is 2. The minimum Gasteiger partial charge on any atom is -0.462 e. The molecule has 2 aromatic heterocycles. The zero-order valence-electron chi connectivity index (χ0n) is 17.4. The molecule has 0 aliphatic heterocycles. The first kappa shape index (κ1) is 21.8. The lowest BCUT2D eigenvalue weighted by Gasteiger charge is -2.14. The fraction of sp³-hybridized carbons (Fsp3) is 0.250. The highest BCUT2D eigenvalue weighted by Crippen LogP contribution is 2.32. The average Bonchev–Trinajstić information content (AvgIpc) is 3.10. The lowest BCUT2D eigenvalue weighted by molar-refractivity contribution is -0.138. The summed E-state index contributed by atoms with van der Waals surface area (Å²) >= 11 is 6.38. The number of aromatic nitrogens is 2. The molecule has 0 bridgehead atoms. The number of H-pyrrole nitrogens is 1. The van der Waals surface area contributed by atoms with Crippen molar-refractivity contribution in [3.05, 3.63) is 65.3 Å². The van der Waals surface area contributed by atoms with Crippen LogP contribution in [0.4, 0.5) is 0 Å². The predicted octanol–water partition coefficient (Wildman–Crippen LogP) is 6.05. The molecule has 4 aromatic rings. The van der Waals surface area contributed by atoms with Gasteiger partial charge in [0.25, 0.3) is 6.47 Å². The van der Waals surface area contributed by atoms with E-state index in [4.69, 9.17) is 11.6 Å². The van der Waals surface area contributed by atoms with Gasteiger partial charge in [-0.3, -0.25) is 4.79 Å². The fourth-order valence-corrected chi connectivity index (χ4v) is 3.23. The second-order valence-electron chi connectivity index (χ2n) is 8.05. The number of aromatic amines is 1. The van der Waals surface area contributed by atoms with Gasteiger partial charge in [-0.25, -0.2) is 4.98 Å². The van der Waals surface area contributed by atoms with Crippen molar-refractivity contribution in [2.75, 3.05) is 0 Å². The Balaban J connectivity index is 0.000000318. The van der Waals surface area contributed by atoms with Gasteiger partial charge in [0.1, 0.15) is 10.8 Å². The van der Waals surface area contributed by atoms with Gasteiger partial charge >= 0.3 is 0 Å². The van der Waals surface area contributed by atoms with Gasteiger partial charge in [0.2, 0.25) is 0 Å². The molecule has 2 aromatic carbocycles. The van der Waals surface area contributed by atoms with Crippen molar-refractivity contribution in [1.29, 1.82) is 0 Å². The standard InChI is InChI=1S/C19H15ClN2O.C5H10O2/c1-11(23)12-6-7-17-14(8-12)10-18(21-17)15-9-13-4-2-3-5-16(13)22-19(15)20;1-5(2,3)7-4-6/h2-11,21,23H,1H3;4H,1-3H3. The smallest absolute Gasteiger partial charge is 0.293 e. The number of carbonyl (C=O) groups excluding carboxylic acids is 1. The maximum absolute atomic E-state index is 9.73. The summed E-state index contributed by atoms with van der Waals surface area (Å²) in [5.74, 6) is 0. The highest BCUT2D eigenvalue weighted by molar-refractivity contribution is 6.32. The van der Waals surface area contributed by atoms with E-state index in [0.717, 1.165) is 38.6 Å². The normalized spacial score (nSPS) is 12.3. The summed E-state index contributed by atoms with van der Waals surface area (Å²) in [6, 6.07) is 17.9. The van der Waals surface area contributed by atoms with Gasteiger partial charge in [-0.1, -0.05) is 35.9 Å². The van der Waals surface area contributed by atoms with Crippen molar-refractivity contribution >= 4 is 39.9 Å². The maximum atomic E-state index is 9.73. The molecule has 30 heavy (non-hydrogen) atoms. The molecule has 6 heteroatoms. The number of nitrogens with zero attached hydrogens (tertiary/aromatic N) is 1. The van der Waals surface area contributed by atoms with E-state index in [1.54, 1.807) is 6.92 Å². The second kappa shape index (κ2) is 8.86. The summed E-state index contributed by atoms with van der Waals surface area (Å²) in [5, 5.41) is 12.3. The Hall–Kier alpha value is -2.89. The highest BCUT2D eigenvalue weighted by atomic mass is 35.5. The van der Waals surface area contributed by atoms with E-state index in [0.29, 0.717) is 11.6 Å². The minimum absolute atomic E-state index is 0.318. The second-order valence-corrected chi connectivity index (χ2v) is 8.41. The topological polar surface area (TPSA) is 75.2 Å². The molecule has 0 saturated carbocycles. The van der Waals surface area contributed by atoms with Crippen LogP contribution in [0.3, 0.4) is 0 Å². The molecular formula is C24H25ClN2O3. The molecule has 0 radical (unpaired) electrons. The van der Waals surface area contributed by atoms with E-state index in [9.17, 15) is 9.90 Å². The Morgan fingerprint density at radius 3 is 2.47 bits per heavy atom. The van der Waals surface area contributed by atoms with Crippen LogP contribution in [-0.4, -0.2) is 27.1 Å². The van der Waals surface area contributed by atoms with Crippen LogP contribution in [0.5, 0.6) is 0 Å². The predicted molar refractivity (Wildman–Crippen MR) is 122 cm³/mol. The molecule has 2 N–H and O–H groups in total.